The van der Waals surface area contributed by atoms with Crippen molar-refractivity contribution in [3.8, 4) is 5.75 Å². The maximum atomic E-state index is 12.4. The van der Waals surface area contributed by atoms with E-state index in [-0.39, 0.29) is 36.5 Å². The molecular formula is C18H15BrF3NO3. The van der Waals surface area contributed by atoms with Crippen molar-refractivity contribution in [3.63, 3.8) is 0 Å². The summed E-state index contributed by atoms with van der Waals surface area (Å²) in [7, 11) is 0. The van der Waals surface area contributed by atoms with Crippen molar-refractivity contribution in [1.29, 1.82) is 0 Å². The van der Waals surface area contributed by atoms with Crippen molar-refractivity contribution in [2.24, 2.45) is 0 Å². The van der Waals surface area contributed by atoms with E-state index < -0.39 is 12.3 Å². The molecule has 0 fully saturated rings. The summed E-state index contributed by atoms with van der Waals surface area (Å²) < 4.78 is 41.9. The van der Waals surface area contributed by atoms with Crippen LogP contribution in [0.5, 0.6) is 5.75 Å². The second-order valence-electron chi connectivity index (χ2n) is 5.36. The van der Waals surface area contributed by atoms with Gasteiger partial charge in [-0.2, -0.15) is 0 Å². The summed E-state index contributed by atoms with van der Waals surface area (Å²) in [6.07, 6.45) is -4.86. The van der Waals surface area contributed by atoms with E-state index in [1.807, 2.05) is 0 Å². The minimum Gasteiger partial charge on any atom is -0.405 e. The zero-order valence-electron chi connectivity index (χ0n) is 13.5. The molecule has 2 aromatic rings. The summed E-state index contributed by atoms with van der Waals surface area (Å²) in [5.74, 6) is -0.989. The van der Waals surface area contributed by atoms with Gasteiger partial charge < -0.3 is 10.1 Å². The van der Waals surface area contributed by atoms with Gasteiger partial charge in [0, 0.05) is 35.0 Å². The molecule has 0 aliphatic carbocycles. The number of hydrogen-bond acceptors (Lipinski definition) is 3. The van der Waals surface area contributed by atoms with E-state index in [0.29, 0.717) is 5.56 Å². The highest BCUT2D eigenvalue weighted by Crippen LogP contribution is 2.26. The molecule has 0 bridgehead atoms. The van der Waals surface area contributed by atoms with Crippen LogP contribution < -0.4 is 10.1 Å². The summed E-state index contributed by atoms with van der Waals surface area (Å²) in [5.41, 5.74) is 0.683. The number of carbonyl (C=O) groups is 2. The summed E-state index contributed by atoms with van der Waals surface area (Å²) >= 11 is 3.27. The molecule has 1 N–H and O–H groups in total. The average Bonchev–Trinajstić information content (AvgIpc) is 2.58. The van der Waals surface area contributed by atoms with E-state index >= 15 is 0 Å². The standard InChI is InChI=1S/C18H15BrF3NO3/c19-14-7-5-12(6-8-14)15(24)9-10-17(25)23-11-13-3-1-2-4-16(13)26-18(20,21)22/h1-8H,9-11H2,(H,23,25). The lowest BCUT2D eigenvalue weighted by Crippen LogP contribution is -2.24. The Bertz CT molecular complexity index is 776. The zero-order valence-corrected chi connectivity index (χ0v) is 15.1. The largest absolute Gasteiger partial charge is 0.573 e. The fraction of sp³-hybridized carbons (Fsp3) is 0.222. The molecule has 4 nitrogen and oxygen atoms in total. The predicted molar refractivity (Wildman–Crippen MR) is 92.7 cm³/mol. The third-order valence-corrected chi connectivity index (χ3v) is 3.95. The molecule has 2 rings (SSSR count). The SMILES string of the molecule is O=C(CCC(=O)c1ccc(Br)cc1)NCc1ccccc1OC(F)(F)F. The Hall–Kier alpha value is -2.35. The minimum absolute atomic E-state index is 0.00810. The van der Waals surface area contributed by atoms with Gasteiger partial charge in [0.25, 0.3) is 0 Å². The van der Waals surface area contributed by atoms with E-state index in [0.717, 1.165) is 4.47 Å². The van der Waals surface area contributed by atoms with Crippen LogP contribution >= 0.6 is 15.9 Å². The Morgan fingerprint density at radius 3 is 2.31 bits per heavy atom. The second kappa shape index (κ2) is 8.84. The molecule has 26 heavy (non-hydrogen) atoms. The maximum absolute atomic E-state index is 12.4. The first-order chi connectivity index (χ1) is 12.2. The highest BCUT2D eigenvalue weighted by molar-refractivity contribution is 9.10. The van der Waals surface area contributed by atoms with E-state index in [1.54, 1.807) is 30.3 Å². The Balaban J connectivity index is 1.85. The van der Waals surface area contributed by atoms with Crippen molar-refractivity contribution in [3.05, 3.63) is 64.1 Å². The van der Waals surface area contributed by atoms with Gasteiger partial charge in [-0.3, -0.25) is 9.59 Å². The molecule has 0 heterocycles. The Morgan fingerprint density at radius 2 is 1.65 bits per heavy atom. The monoisotopic (exact) mass is 429 g/mol. The fourth-order valence-electron chi connectivity index (χ4n) is 2.16. The molecule has 0 aliphatic rings. The molecule has 0 spiro atoms. The number of amides is 1. The van der Waals surface area contributed by atoms with Gasteiger partial charge in [-0.25, -0.2) is 0 Å². The molecule has 0 radical (unpaired) electrons. The average molecular weight is 430 g/mol. The lowest BCUT2D eigenvalue weighted by atomic mass is 10.1. The van der Waals surface area contributed by atoms with Crippen molar-refractivity contribution in [1.82, 2.24) is 5.32 Å². The molecule has 0 saturated heterocycles. The number of benzene rings is 2. The summed E-state index contributed by atoms with van der Waals surface area (Å²) in [5, 5.41) is 2.50. The molecule has 0 aliphatic heterocycles. The smallest absolute Gasteiger partial charge is 0.405 e. The number of rotatable bonds is 7. The van der Waals surface area contributed by atoms with Crippen molar-refractivity contribution in [2.45, 2.75) is 25.7 Å². The molecule has 1 amide bonds. The van der Waals surface area contributed by atoms with Crippen LogP contribution in [0.4, 0.5) is 13.2 Å². The number of hydrogen-bond donors (Lipinski definition) is 1. The van der Waals surface area contributed by atoms with Gasteiger partial charge in [0.1, 0.15) is 5.75 Å². The van der Waals surface area contributed by atoms with Crippen LogP contribution in [0.3, 0.4) is 0 Å². The van der Waals surface area contributed by atoms with Gasteiger partial charge in [-0.1, -0.05) is 46.3 Å². The van der Waals surface area contributed by atoms with Gasteiger partial charge in [-0.05, 0) is 18.2 Å². The van der Waals surface area contributed by atoms with Crippen LogP contribution in [0.2, 0.25) is 0 Å². The number of nitrogens with one attached hydrogen (secondary N) is 1. The second-order valence-corrected chi connectivity index (χ2v) is 6.28. The predicted octanol–water partition coefficient (Wildman–Crippen LogP) is 4.63. The summed E-state index contributed by atoms with van der Waals surface area (Å²) in [4.78, 5) is 23.9. The van der Waals surface area contributed by atoms with Crippen LogP contribution in [-0.4, -0.2) is 18.1 Å². The molecular weight excluding hydrogens is 415 g/mol. The zero-order chi connectivity index (χ0) is 19.2. The number of para-hydroxylation sites is 1. The number of alkyl halides is 3. The molecule has 0 unspecified atom stereocenters. The first-order valence-electron chi connectivity index (χ1n) is 7.64. The van der Waals surface area contributed by atoms with Crippen molar-refractivity contribution < 1.29 is 27.5 Å². The van der Waals surface area contributed by atoms with Gasteiger partial charge in [0.05, 0.1) is 0 Å². The molecule has 0 aromatic heterocycles. The van der Waals surface area contributed by atoms with Crippen LogP contribution in [0.25, 0.3) is 0 Å². The quantitative estimate of drug-likeness (QED) is 0.652. The highest BCUT2D eigenvalue weighted by atomic mass is 79.9. The van der Waals surface area contributed by atoms with Gasteiger partial charge in [-0.15, -0.1) is 13.2 Å². The van der Waals surface area contributed by atoms with Crippen LogP contribution in [0, 0.1) is 0 Å². The van der Waals surface area contributed by atoms with Crippen LogP contribution in [-0.2, 0) is 11.3 Å². The molecule has 0 saturated carbocycles. The number of Topliss-reactive ketones (excluding diaryl/α,β-unsaturated/α-hetero) is 1. The Labute approximate surface area is 156 Å². The first kappa shape index (κ1) is 20.0. The Kier molecular flexibility index (Phi) is 6.79. The van der Waals surface area contributed by atoms with Gasteiger partial charge in [0.15, 0.2) is 5.78 Å². The van der Waals surface area contributed by atoms with Crippen LogP contribution in [0.15, 0.2) is 53.0 Å². The molecule has 0 atom stereocenters. The molecule has 138 valence electrons. The summed E-state index contributed by atoms with van der Waals surface area (Å²) in [6.45, 7) is -0.127. The fourth-order valence-corrected chi connectivity index (χ4v) is 2.43. The van der Waals surface area contributed by atoms with Crippen molar-refractivity contribution >= 4 is 27.6 Å². The Morgan fingerprint density at radius 1 is 1.00 bits per heavy atom. The number of carbonyl (C=O) groups excluding carboxylic acids is 2. The first-order valence-corrected chi connectivity index (χ1v) is 8.43. The molecule has 8 heteroatoms. The number of halogens is 4. The van der Waals surface area contributed by atoms with E-state index in [9.17, 15) is 22.8 Å². The third-order valence-electron chi connectivity index (χ3n) is 3.42. The van der Waals surface area contributed by atoms with E-state index in [2.05, 4.69) is 26.0 Å². The van der Waals surface area contributed by atoms with Crippen molar-refractivity contribution in [2.75, 3.05) is 0 Å². The lowest BCUT2D eigenvalue weighted by molar-refractivity contribution is -0.274. The van der Waals surface area contributed by atoms with Gasteiger partial charge >= 0.3 is 6.36 Å². The molecule has 2 aromatic carbocycles. The van der Waals surface area contributed by atoms with Gasteiger partial charge in [0.2, 0.25) is 5.91 Å². The summed E-state index contributed by atoms with van der Waals surface area (Å²) in [6, 6.07) is 12.3. The van der Waals surface area contributed by atoms with E-state index in [4.69, 9.17) is 0 Å². The van der Waals surface area contributed by atoms with E-state index in [1.165, 1.54) is 18.2 Å². The lowest BCUT2D eigenvalue weighted by Gasteiger charge is -2.13. The van der Waals surface area contributed by atoms with Crippen LogP contribution in [0.1, 0.15) is 28.8 Å². The number of ketones is 1. The topological polar surface area (TPSA) is 55.4 Å². The number of ether oxygens (including phenoxy) is 1. The third kappa shape index (κ3) is 6.51. The minimum atomic E-state index is -4.81. The maximum Gasteiger partial charge on any atom is 0.573 e. The normalized spacial score (nSPS) is 11.1. The highest BCUT2D eigenvalue weighted by Gasteiger charge is 2.31.